The summed E-state index contributed by atoms with van der Waals surface area (Å²) in [5, 5.41) is 3.52. The van der Waals surface area contributed by atoms with Crippen LogP contribution in [0.1, 0.15) is 32.1 Å². The summed E-state index contributed by atoms with van der Waals surface area (Å²) < 4.78 is 5.58. The fraction of sp³-hybridized carbons (Fsp3) is 0.462. The number of aromatic nitrogens is 1. The van der Waals surface area contributed by atoms with E-state index >= 15 is 0 Å². The monoisotopic (exact) mass is 216 g/mol. The maximum atomic E-state index is 5.58. The van der Waals surface area contributed by atoms with E-state index in [1.165, 1.54) is 19.3 Å². The van der Waals surface area contributed by atoms with Crippen molar-refractivity contribution in [3.63, 3.8) is 0 Å². The second kappa shape index (κ2) is 3.81. The van der Waals surface area contributed by atoms with Gasteiger partial charge >= 0.3 is 0 Å². The summed E-state index contributed by atoms with van der Waals surface area (Å²) in [6.07, 6.45) is 4.78. The van der Waals surface area contributed by atoms with Crippen molar-refractivity contribution in [3.05, 3.63) is 24.1 Å². The molecular weight excluding hydrogens is 200 g/mol. The lowest BCUT2D eigenvalue weighted by molar-refractivity contribution is 0.445. The number of anilines is 1. The minimum atomic E-state index is 0.662. The molecule has 0 amide bonds. The average molecular weight is 216 g/mol. The topological polar surface area (TPSA) is 38.1 Å². The Kier molecular flexibility index (Phi) is 2.31. The molecule has 1 aliphatic rings. The van der Waals surface area contributed by atoms with Crippen LogP contribution in [0.2, 0.25) is 0 Å². The number of benzene rings is 1. The molecule has 16 heavy (non-hydrogen) atoms. The highest BCUT2D eigenvalue weighted by atomic mass is 16.3. The average Bonchev–Trinajstić information content (AvgIpc) is 2.65. The standard InChI is InChI=1S/C13H16N2O/c1-2-13-15-11-8-10(6-7-12(11)16-13)14-9-4-3-5-9/h6-9,14H,2-5H2,1H3. The molecule has 3 heteroatoms. The number of nitrogens with one attached hydrogen (secondary N) is 1. The Morgan fingerprint density at radius 2 is 2.31 bits per heavy atom. The molecule has 1 fully saturated rings. The van der Waals surface area contributed by atoms with E-state index in [4.69, 9.17) is 4.42 Å². The van der Waals surface area contributed by atoms with Gasteiger partial charge < -0.3 is 9.73 Å². The maximum Gasteiger partial charge on any atom is 0.195 e. The third-order valence-electron chi connectivity index (χ3n) is 3.21. The highest BCUT2D eigenvalue weighted by molar-refractivity contribution is 5.77. The van der Waals surface area contributed by atoms with Gasteiger partial charge in [-0.15, -0.1) is 0 Å². The van der Waals surface area contributed by atoms with Gasteiger partial charge in [0.1, 0.15) is 5.52 Å². The van der Waals surface area contributed by atoms with Gasteiger partial charge in [-0.05, 0) is 37.5 Å². The van der Waals surface area contributed by atoms with Crippen molar-refractivity contribution in [2.45, 2.75) is 38.6 Å². The summed E-state index contributed by atoms with van der Waals surface area (Å²) in [4.78, 5) is 4.44. The van der Waals surface area contributed by atoms with Crippen LogP contribution in [0.3, 0.4) is 0 Å². The van der Waals surface area contributed by atoms with Gasteiger partial charge in [0, 0.05) is 18.2 Å². The molecule has 1 aromatic carbocycles. The number of aryl methyl sites for hydroxylation is 1. The summed E-state index contributed by atoms with van der Waals surface area (Å²) in [5.41, 5.74) is 3.00. The van der Waals surface area contributed by atoms with Gasteiger partial charge in [-0.1, -0.05) is 6.92 Å². The molecule has 0 atom stereocenters. The van der Waals surface area contributed by atoms with Gasteiger partial charge in [-0.3, -0.25) is 0 Å². The lowest BCUT2D eigenvalue weighted by Crippen LogP contribution is -2.26. The van der Waals surface area contributed by atoms with Gasteiger partial charge in [0.25, 0.3) is 0 Å². The Morgan fingerprint density at radius 1 is 1.44 bits per heavy atom. The quantitative estimate of drug-likeness (QED) is 0.855. The van der Waals surface area contributed by atoms with Crippen molar-refractivity contribution in [2.75, 3.05) is 5.32 Å². The third-order valence-corrected chi connectivity index (χ3v) is 3.21. The first-order valence-corrected chi connectivity index (χ1v) is 6.01. The summed E-state index contributed by atoms with van der Waals surface area (Å²) in [6, 6.07) is 6.82. The van der Waals surface area contributed by atoms with Crippen LogP contribution in [-0.4, -0.2) is 11.0 Å². The van der Waals surface area contributed by atoms with Crippen LogP contribution < -0.4 is 5.32 Å². The maximum absolute atomic E-state index is 5.58. The van der Waals surface area contributed by atoms with E-state index in [-0.39, 0.29) is 0 Å². The largest absolute Gasteiger partial charge is 0.441 e. The molecule has 84 valence electrons. The fourth-order valence-corrected chi connectivity index (χ4v) is 2.00. The highest BCUT2D eigenvalue weighted by Gasteiger charge is 2.17. The molecule has 3 rings (SSSR count). The molecule has 1 saturated carbocycles. The Morgan fingerprint density at radius 3 is 3.00 bits per heavy atom. The van der Waals surface area contributed by atoms with E-state index in [9.17, 15) is 0 Å². The number of rotatable bonds is 3. The first-order chi connectivity index (χ1) is 7.85. The van der Waals surface area contributed by atoms with E-state index in [1.54, 1.807) is 0 Å². The first kappa shape index (κ1) is 9.70. The van der Waals surface area contributed by atoms with E-state index in [0.717, 1.165) is 29.1 Å². The molecule has 0 saturated heterocycles. The smallest absolute Gasteiger partial charge is 0.195 e. The highest BCUT2D eigenvalue weighted by Crippen LogP contribution is 2.25. The van der Waals surface area contributed by atoms with Crippen molar-refractivity contribution < 1.29 is 4.42 Å². The van der Waals surface area contributed by atoms with Gasteiger partial charge in [0.05, 0.1) is 0 Å². The lowest BCUT2D eigenvalue weighted by Gasteiger charge is -2.27. The van der Waals surface area contributed by atoms with Gasteiger partial charge in [0.2, 0.25) is 0 Å². The summed E-state index contributed by atoms with van der Waals surface area (Å²) in [5.74, 6) is 0.816. The predicted octanol–water partition coefficient (Wildman–Crippen LogP) is 3.35. The van der Waals surface area contributed by atoms with E-state index < -0.39 is 0 Å². The molecule has 1 N–H and O–H groups in total. The Bertz CT molecular complexity index is 500. The van der Waals surface area contributed by atoms with Crippen LogP contribution in [0.5, 0.6) is 0 Å². The van der Waals surface area contributed by atoms with Crippen LogP contribution in [0.4, 0.5) is 5.69 Å². The zero-order valence-electron chi connectivity index (χ0n) is 9.49. The van der Waals surface area contributed by atoms with Crippen LogP contribution >= 0.6 is 0 Å². The minimum Gasteiger partial charge on any atom is -0.441 e. The van der Waals surface area contributed by atoms with Crippen LogP contribution in [0.25, 0.3) is 11.1 Å². The lowest BCUT2D eigenvalue weighted by atomic mass is 9.93. The number of hydrogen-bond acceptors (Lipinski definition) is 3. The molecule has 0 radical (unpaired) electrons. The second-order valence-corrected chi connectivity index (χ2v) is 4.42. The van der Waals surface area contributed by atoms with Crippen molar-refractivity contribution in [2.24, 2.45) is 0 Å². The molecule has 1 aromatic heterocycles. The van der Waals surface area contributed by atoms with Crippen LogP contribution in [0, 0.1) is 0 Å². The van der Waals surface area contributed by atoms with E-state index in [0.29, 0.717) is 6.04 Å². The summed E-state index contributed by atoms with van der Waals surface area (Å²) in [6.45, 7) is 2.05. The molecule has 0 spiro atoms. The number of oxazole rings is 1. The van der Waals surface area contributed by atoms with Crippen molar-refractivity contribution in [3.8, 4) is 0 Å². The molecule has 0 bridgehead atoms. The Labute approximate surface area is 94.9 Å². The van der Waals surface area contributed by atoms with Crippen molar-refractivity contribution in [1.82, 2.24) is 4.98 Å². The van der Waals surface area contributed by atoms with Crippen LogP contribution in [0.15, 0.2) is 22.6 Å². The summed E-state index contributed by atoms with van der Waals surface area (Å²) in [7, 11) is 0. The van der Waals surface area contributed by atoms with Crippen molar-refractivity contribution in [1.29, 1.82) is 0 Å². The normalized spacial score (nSPS) is 16.3. The number of nitrogens with zero attached hydrogens (tertiary/aromatic N) is 1. The number of hydrogen-bond donors (Lipinski definition) is 1. The van der Waals surface area contributed by atoms with Crippen molar-refractivity contribution >= 4 is 16.8 Å². The molecule has 1 aliphatic carbocycles. The first-order valence-electron chi connectivity index (χ1n) is 6.01. The Hall–Kier alpha value is -1.51. The second-order valence-electron chi connectivity index (χ2n) is 4.42. The third kappa shape index (κ3) is 1.66. The van der Waals surface area contributed by atoms with E-state index in [1.807, 2.05) is 6.07 Å². The van der Waals surface area contributed by atoms with Gasteiger partial charge in [0.15, 0.2) is 11.5 Å². The van der Waals surface area contributed by atoms with Gasteiger partial charge in [-0.25, -0.2) is 4.98 Å². The molecule has 0 aliphatic heterocycles. The zero-order valence-corrected chi connectivity index (χ0v) is 9.49. The van der Waals surface area contributed by atoms with Crippen LogP contribution in [-0.2, 0) is 6.42 Å². The SMILES string of the molecule is CCc1nc2cc(NC3CCC3)ccc2o1. The Balaban J connectivity index is 1.88. The minimum absolute atomic E-state index is 0.662. The number of fused-ring (bicyclic) bond motifs is 1. The zero-order chi connectivity index (χ0) is 11.0. The predicted molar refractivity (Wildman–Crippen MR) is 64.6 cm³/mol. The summed E-state index contributed by atoms with van der Waals surface area (Å²) >= 11 is 0. The molecule has 3 nitrogen and oxygen atoms in total. The molecule has 0 unspecified atom stereocenters. The fourth-order valence-electron chi connectivity index (χ4n) is 2.00. The molecule has 2 aromatic rings. The molecule has 1 heterocycles. The van der Waals surface area contributed by atoms with Gasteiger partial charge in [-0.2, -0.15) is 0 Å². The molecular formula is C13H16N2O. The van der Waals surface area contributed by atoms with E-state index in [2.05, 4.69) is 29.4 Å².